The molecule has 0 aromatic heterocycles. The van der Waals surface area contributed by atoms with E-state index >= 15 is 0 Å². The molecule has 7 nitrogen and oxygen atoms in total. The number of amides is 3. The second-order valence-corrected chi connectivity index (χ2v) is 8.33. The van der Waals surface area contributed by atoms with E-state index in [2.05, 4.69) is 15.7 Å². The lowest BCUT2D eigenvalue weighted by molar-refractivity contribution is -0.118. The van der Waals surface area contributed by atoms with E-state index in [1.807, 2.05) is 45.9 Å². The van der Waals surface area contributed by atoms with Gasteiger partial charge in [0.05, 0.1) is 5.69 Å². The highest BCUT2D eigenvalue weighted by atomic mass is 16.2. The van der Waals surface area contributed by atoms with Crippen LogP contribution in [0.15, 0.2) is 53.6 Å². The van der Waals surface area contributed by atoms with Crippen molar-refractivity contribution in [3.63, 3.8) is 0 Å². The van der Waals surface area contributed by atoms with Crippen molar-refractivity contribution in [1.29, 1.82) is 0 Å². The van der Waals surface area contributed by atoms with Gasteiger partial charge in [-0.1, -0.05) is 12.1 Å². The van der Waals surface area contributed by atoms with Gasteiger partial charge in [0, 0.05) is 29.6 Å². The molecule has 0 atom stereocenters. The molecule has 1 aliphatic heterocycles. The van der Waals surface area contributed by atoms with Crippen molar-refractivity contribution >= 4 is 34.8 Å². The maximum atomic E-state index is 12.7. The average Bonchev–Trinajstić information content (AvgIpc) is 2.67. The van der Waals surface area contributed by atoms with Crippen molar-refractivity contribution in [3.05, 3.63) is 59.7 Å². The first-order chi connectivity index (χ1) is 14.1. The molecular weight excluding hydrogens is 380 g/mol. The Morgan fingerprint density at radius 3 is 2.33 bits per heavy atom. The highest BCUT2D eigenvalue weighted by Crippen LogP contribution is 2.22. The number of carbonyl (C=O) groups is 3. The molecule has 0 fully saturated rings. The minimum Gasteiger partial charge on any atom is -0.347 e. The summed E-state index contributed by atoms with van der Waals surface area (Å²) in [5.41, 5.74) is 2.65. The number of benzene rings is 2. The second-order valence-electron chi connectivity index (χ2n) is 8.33. The number of hydrogen-bond acceptors (Lipinski definition) is 4. The van der Waals surface area contributed by atoms with E-state index in [9.17, 15) is 14.4 Å². The largest absolute Gasteiger partial charge is 0.347 e. The maximum Gasteiger partial charge on any atom is 0.271 e. The third kappa shape index (κ3) is 5.31. The van der Waals surface area contributed by atoms with Crippen LogP contribution in [-0.4, -0.2) is 29.0 Å². The Kier molecular flexibility index (Phi) is 6.01. The van der Waals surface area contributed by atoms with E-state index in [1.54, 1.807) is 30.3 Å². The van der Waals surface area contributed by atoms with Crippen LogP contribution in [0.2, 0.25) is 0 Å². The molecule has 3 amide bonds. The summed E-state index contributed by atoms with van der Waals surface area (Å²) in [5.74, 6) is -0.692. The van der Waals surface area contributed by atoms with Crippen molar-refractivity contribution in [2.24, 2.45) is 5.10 Å². The van der Waals surface area contributed by atoms with Gasteiger partial charge in [-0.2, -0.15) is 5.10 Å². The maximum absolute atomic E-state index is 12.7. The quantitative estimate of drug-likeness (QED) is 0.812. The summed E-state index contributed by atoms with van der Waals surface area (Å²) in [4.78, 5) is 37.2. The van der Waals surface area contributed by atoms with Crippen LogP contribution in [0.4, 0.5) is 11.4 Å². The first-order valence-electron chi connectivity index (χ1n) is 9.83. The van der Waals surface area contributed by atoms with E-state index in [-0.39, 0.29) is 41.8 Å². The molecule has 2 aromatic rings. The Hall–Kier alpha value is -3.48. The van der Waals surface area contributed by atoms with Crippen LogP contribution in [-0.2, 0) is 9.59 Å². The Balaban J connectivity index is 1.71. The number of anilines is 2. The molecule has 0 bridgehead atoms. The number of nitrogens with one attached hydrogen (secondary N) is 2. The Morgan fingerprint density at radius 2 is 1.70 bits per heavy atom. The standard InChI is InChI=1S/C23H26N4O3/c1-15-6-5-7-18(14-15)27-20(28)13-12-19(26-27)22(30)24-17-10-8-16(9-11-17)21(29)25-23(2,3)4/h5-11,14H,12-13H2,1-4H3,(H,24,30)(H,25,29). The van der Waals surface area contributed by atoms with Crippen LogP contribution in [0.1, 0.15) is 49.5 Å². The fourth-order valence-corrected chi connectivity index (χ4v) is 3.00. The van der Waals surface area contributed by atoms with Crippen molar-refractivity contribution in [2.75, 3.05) is 10.3 Å². The van der Waals surface area contributed by atoms with Crippen LogP contribution >= 0.6 is 0 Å². The molecule has 0 unspecified atom stereocenters. The summed E-state index contributed by atoms with van der Waals surface area (Å²) in [5, 5.41) is 11.2. The van der Waals surface area contributed by atoms with Gasteiger partial charge in [-0.05, 0) is 69.7 Å². The number of hydrazone groups is 1. The van der Waals surface area contributed by atoms with Gasteiger partial charge in [0.2, 0.25) is 5.91 Å². The van der Waals surface area contributed by atoms with Gasteiger partial charge in [-0.3, -0.25) is 14.4 Å². The molecule has 30 heavy (non-hydrogen) atoms. The highest BCUT2D eigenvalue weighted by molar-refractivity contribution is 6.44. The summed E-state index contributed by atoms with van der Waals surface area (Å²) in [7, 11) is 0. The van der Waals surface area contributed by atoms with E-state index < -0.39 is 0 Å². The lowest BCUT2D eigenvalue weighted by Gasteiger charge is -2.23. The van der Waals surface area contributed by atoms with E-state index in [1.165, 1.54) is 5.01 Å². The van der Waals surface area contributed by atoms with Crippen LogP contribution in [0.5, 0.6) is 0 Å². The molecule has 0 saturated carbocycles. The average molecular weight is 406 g/mol. The zero-order valence-corrected chi connectivity index (χ0v) is 17.7. The third-order valence-corrected chi connectivity index (χ3v) is 4.43. The monoisotopic (exact) mass is 406 g/mol. The molecule has 156 valence electrons. The third-order valence-electron chi connectivity index (χ3n) is 4.43. The molecule has 1 heterocycles. The minimum absolute atomic E-state index is 0.147. The number of rotatable bonds is 4. The smallest absolute Gasteiger partial charge is 0.271 e. The molecule has 0 radical (unpaired) electrons. The normalized spacial score (nSPS) is 14.2. The SMILES string of the molecule is Cc1cccc(N2N=C(C(=O)Nc3ccc(C(=O)NC(C)(C)C)cc3)CCC2=O)c1. The van der Waals surface area contributed by atoms with E-state index in [0.29, 0.717) is 16.9 Å². The number of nitrogens with zero attached hydrogens (tertiary/aromatic N) is 2. The number of hydrogen-bond donors (Lipinski definition) is 2. The predicted octanol–water partition coefficient (Wildman–Crippen LogP) is 3.64. The van der Waals surface area contributed by atoms with Crippen LogP contribution in [0, 0.1) is 6.92 Å². The first kappa shape index (κ1) is 21.2. The van der Waals surface area contributed by atoms with Crippen molar-refractivity contribution in [1.82, 2.24) is 5.32 Å². The lowest BCUT2D eigenvalue weighted by atomic mass is 10.1. The fourth-order valence-electron chi connectivity index (χ4n) is 3.00. The van der Waals surface area contributed by atoms with Crippen molar-refractivity contribution < 1.29 is 14.4 Å². The predicted molar refractivity (Wildman–Crippen MR) is 118 cm³/mol. The molecule has 2 aromatic carbocycles. The van der Waals surface area contributed by atoms with Crippen LogP contribution < -0.4 is 15.6 Å². The van der Waals surface area contributed by atoms with E-state index in [4.69, 9.17) is 0 Å². The summed E-state index contributed by atoms with van der Waals surface area (Å²) >= 11 is 0. The minimum atomic E-state index is -0.368. The van der Waals surface area contributed by atoms with Crippen molar-refractivity contribution in [2.45, 2.75) is 46.1 Å². The lowest BCUT2D eigenvalue weighted by Crippen LogP contribution is -2.40. The topological polar surface area (TPSA) is 90.9 Å². The first-order valence-corrected chi connectivity index (χ1v) is 9.83. The molecule has 3 rings (SSSR count). The number of carbonyl (C=O) groups excluding carboxylic acids is 3. The fraction of sp³-hybridized carbons (Fsp3) is 0.304. The second kappa shape index (κ2) is 8.49. The van der Waals surface area contributed by atoms with Gasteiger partial charge < -0.3 is 10.6 Å². The summed E-state index contributed by atoms with van der Waals surface area (Å²) in [6.07, 6.45) is 0.491. The Labute approximate surface area is 176 Å². The molecule has 2 N–H and O–H groups in total. The molecule has 0 spiro atoms. The zero-order valence-electron chi connectivity index (χ0n) is 17.7. The van der Waals surface area contributed by atoms with Gasteiger partial charge in [-0.15, -0.1) is 0 Å². The van der Waals surface area contributed by atoms with Gasteiger partial charge in [0.15, 0.2) is 0 Å². The van der Waals surface area contributed by atoms with E-state index in [0.717, 1.165) is 5.56 Å². The highest BCUT2D eigenvalue weighted by Gasteiger charge is 2.26. The van der Waals surface area contributed by atoms with Crippen molar-refractivity contribution in [3.8, 4) is 0 Å². The van der Waals surface area contributed by atoms with Gasteiger partial charge >= 0.3 is 0 Å². The van der Waals surface area contributed by atoms with Gasteiger partial charge in [0.1, 0.15) is 5.71 Å². The summed E-state index contributed by atoms with van der Waals surface area (Å²) in [6.45, 7) is 7.67. The molecule has 7 heteroatoms. The van der Waals surface area contributed by atoms with Crippen LogP contribution in [0.3, 0.4) is 0 Å². The Bertz CT molecular complexity index is 1000. The molecular formula is C23H26N4O3. The molecule has 0 aliphatic carbocycles. The van der Waals surface area contributed by atoms with Gasteiger partial charge in [-0.25, -0.2) is 5.01 Å². The summed E-state index contributed by atoms with van der Waals surface area (Å²) in [6, 6.07) is 14.1. The number of aryl methyl sites for hydroxylation is 1. The molecule has 0 saturated heterocycles. The van der Waals surface area contributed by atoms with Crippen LogP contribution in [0.25, 0.3) is 0 Å². The zero-order chi connectivity index (χ0) is 21.9. The van der Waals surface area contributed by atoms with Gasteiger partial charge in [0.25, 0.3) is 11.8 Å². The summed E-state index contributed by atoms with van der Waals surface area (Å²) < 4.78 is 0. The molecule has 1 aliphatic rings. The Morgan fingerprint density at radius 1 is 1.00 bits per heavy atom.